The van der Waals surface area contributed by atoms with Crippen molar-refractivity contribution in [1.29, 1.82) is 0 Å². The van der Waals surface area contributed by atoms with E-state index in [-0.39, 0.29) is 18.1 Å². The molecule has 2 unspecified atom stereocenters. The fraction of sp³-hybridized carbons (Fsp3) is 0.476. The lowest BCUT2D eigenvalue weighted by Crippen LogP contribution is -2.41. The number of rotatable bonds is 3. The van der Waals surface area contributed by atoms with E-state index in [1.807, 2.05) is 49.3 Å². The summed E-state index contributed by atoms with van der Waals surface area (Å²) in [7, 11) is 2.03. The van der Waals surface area contributed by atoms with Crippen LogP contribution in [0.5, 0.6) is 11.5 Å². The molecule has 0 spiro atoms. The molecule has 27 heavy (non-hydrogen) atoms. The first-order valence-corrected chi connectivity index (χ1v) is 9.71. The summed E-state index contributed by atoms with van der Waals surface area (Å²) in [6, 6.07) is 10.1. The number of likely N-dealkylation sites (tertiary alicyclic amines) is 1. The lowest BCUT2D eigenvalue weighted by Gasteiger charge is -2.27. The van der Waals surface area contributed by atoms with Gasteiger partial charge in [-0.25, -0.2) is 4.79 Å². The van der Waals surface area contributed by atoms with E-state index in [0.717, 1.165) is 42.9 Å². The van der Waals surface area contributed by atoms with Crippen LogP contribution in [-0.2, 0) is 7.05 Å². The maximum absolute atomic E-state index is 12.9. The average Bonchev–Trinajstić information content (AvgIpc) is 3.24. The summed E-state index contributed by atoms with van der Waals surface area (Å²) in [6.45, 7) is 4.12. The molecule has 6 nitrogen and oxygen atoms in total. The Morgan fingerprint density at radius 3 is 2.78 bits per heavy atom. The summed E-state index contributed by atoms with van der Waals surface area (Å²) in [5.74, 6) is 1.53. The van der Waals surface area contributed by atoms with Crippen LogP contribution in [0, 0.1) is 0 Å². The molecule has 1 fully saturated rings. The first kappa shape index (κ1) is 17.8. The SMILES string of the molecule is CC(NC(=O)N1CCCC1c1cccn1C)c1ccc2c(c1)OCCCO2. The van der Waals surface area contributed by atoms with Gasteiger partial charge in [-0.15, -0.1) is 0 Å². The summed E-state index contributed by atoms with van der Waals surface area (Å²) in [5, 5.41) is 3.15. The zero-order chi connectivity index (χ0) is 18.8. The van der Waals surface area contributed by atoms with Gasteiger partial charge in [-0.2, -0.15) is 0 Å². The highest BCUT2D eigenvalue weighted by Gasteiger charge is 2.32. The average molecular weight is 369 g/mol. The largest absolute Gasteiger partial charge is 0.490 e. The molecule has 1 aromatic heterocycles. The van der Waals surface area contributed by atoms with E-state index < -0.39 is 0 Å². The predicted octanol–water partition coefficient (Wildman–Crippen LogP) is 3.79. The van der Waals surface area contributed by atoms with Crippen molar-refractivity contribution in [2.75, 3.05) is 19.8 Å². The first-order valence-electron chi connectivity index (χ1n) is 9.71. The van der Waals surface area contributed by atoms with E-state index in [4.69, 9.17) is 9.47 Å². The highest BCUT2D eigenvalue weighted by Crippen LogP contribution is 2.34. The predicted molar refractivity (Wildman–Crippen MR) is 103 cm³/mol. The Balaban J connectivity index is 1.46. The van der Waals surface area contributed by atoms with E-state index in [2.05, 4.69) is 16.0 Å². The Bertz CT molecular complexity index is 817. The zero-order valence-electron chi connectivity index (χ0n) is 16.0. The Hall–Kier alpha value is -2.63. The molecule has 1 aromatic carbocycles. The van der Waals surface area contributed by atoms with Gasteiger partial charge in [-0.1, -0.05) is 6.07 Å². The third-order valence-electron chi connectivity index (χ3n) is 5.45. The molecule has 0 bridgehead atoms. The van der Waals surface area contributed by atoms with Gasteiger partial charge in [0, 0.05) is 31.9 Å². The van der Waals surface area contributed by atoms with E-state index in [1.54, 1.807) is 0 Å². The van der Waals surface area contributed by atoms with E-state index >= 15 is 0 Å². The minimum absolute atomic E-state index is 0.0155. The number of hydrogen-bond donors (Lipinski definition) is 1. The number of aromatic nitrogens is 1. The lowest BCUT2D eigenvalue weighted by molar-refractivity contribution is 0.188. The summed E-state index contributed by atoms with van der Waals surface area (Å²) in [5.41, 5.74) is 2.20. The zero-order valence-corrected chi connectivity index (χ0v) is 16.0. The summed E-state index contributed by atoms with van der Waals surface area (Å²) in [4.78, 5) is 14.9. The summed E-state index contributed by atoms with van der Waals surface area (Å²) in [6.07, 6.45) is 4.95. The Morgan fingerprint density at radius 2 is 2.00 bits per heavy atom. The minimum Gasteiger partial charge on any atom is -0.490 e. The van der Waals surface area contributed by atoms with Gasteiger partial charge in [0.1, 0.15) is 0 Å². The molecule has 1 saturated heterocycles. The van der Waals surface area contributed by atoms with Gasteiger partial charge in [-0.05, 0) is 49.6 Å². The highest BCUT2D eigenvalue weighted by atomic mass is 16.5. The number of benzene rings is 1. The molecular formula is C21H27N3O3. The quantitative estimate of drug-likeness (QED) is 0.895. The number of amides is 2. The van der Waals surface area contributed by atoms with Crippen LogP contribution in [0.2, 0.25) is 0 Å². The fourth-order valence-corrected chi connectivity index (χ4v) is 3.94. The van der Waals surface area contributed by atoms with Crippen molar-refractivity contribution in [1.82, 2.24) is 14.8 Å². The second-order valence-electron chi connectivity index (χ2n) is 7.32. The normalized spacial score (nSPS) is 20.2. The third-order valence-corrected chi connectivity index (χ3v) is 5.45. The van der Waals surface area contributed by atoms with Crippen molar-refractivity contribution < 1.29 is 14.3 Å². The monoisotopic (exact) mass is 369 g/mol. The van der Waals surface area contributed by atoms with Crippen LogP contribution >= 0.6 is 0 Å². The Labute approximate surface area is 160 Å². The number of aryl methyl sites for hydroxylation is 1. The van der Waals surface area contributed by atoms with Crippen LogP contribution < -0.4 is 14.8 Å². The number of carbonyl (C=O) groups is 1. The van der Waals surface area contributed by atoms with Crippen molar-refractivity contribution in [2.45, 2.75) is 38.3 Å². The van der Waals surface area contributed by atoms with Crippen molar-refractivity contribution in [3.8, 4) is 11.5 Å². The standard InChI is InChI=1S/C21H27N3O3/c1-15(16-8-9-19-20(14-16)27-13-5-12-26-19)22-21(25)24-11-4-7-18(24)17-6-3-10-23(17)2/h3,6,8-10,14-15,18H,4-5,7,11-13H2,1-2H3,(H,22,25). The first-order chi connectivity index (χ1) is 13.1. The van der Waals surface area contributed by atoms with Crippen LogP contribution in [0.1, 0.15) is 49.5 Å². The van der Waals surface area contributed by atoms with E-state index in [9.17, 15) is 4.79 Å². The van der Waals surface area contributed by atoms with Crippen molar-refractivity contribution in [3.05, 3.63) is 47.8 Å². The highest BCUT2D eigenvalue weighted by molar-refractivity contribution is 5.75. The molecule has 0 radical (unpaired) electrons. The molecule has 2 amide bonds. The van der Waals surface area contributed by atoms with Crippen molar-refractivity contribution in [3.63, 3.8) is 0 Å². The van der Waals surface area contributed by atoms with Crippen molar-refractivity contribution >= 4 is 6.03 Å². The minimum atomic E-state index is -0.107. The molecule has 2 aliphatic rings. The molecule has 4 rings (SSSR count). The topological polar surface area (TPSA) is 55.7 Å². The Kier molecular flexibility index (Phi) is 4.97. The number of carbonyl (C=O) groups excluding carboxylic acids is 1. The van der Waals surface area contributed by atoms with Gasteiger partial charge in [0.25, 0.3) is 0 Å². The second-order valence-corrected chi connectivity index (χ2v) is 7.32. The molecule has 6 heteroatoms. The van der Waals surface area contributed by atoms with E-state index in [1.165, 1.54) is 5.69 Å². The van der Waals surface area contributed by atoms with Gasteiger partial charge in [-0.3, -0.25) is 0 Å². The lowest BCUT2D eigenvalue weighted by atomic mass is 10.1. The van der Waals surface area contributed by atoms with E-state index in [0.29, 0.717) is 13.2 Å². The number of hydrogen-bond acceptors (Lipinski definition) is 3. The van der Waals surface area contributed by atoms with Crippen LogP contribution in [0.25, 0.3) is 0 Å². The molecule has 0 saturated carbocycles. The molecular weight excluding hydrogens is 342 g/mol. The van der Waals surface area contributed by atoms with Crippen molar-refractivity contribution in [2.24, 2.45) is 7.05 Å². The van der Waals surface area contributed by atoms with Gasteiger partial charge in [0.15, 0.2) is 11.5 Å². The van der Waals surface area contributed by atoms with Gasteiger partial charge in [0.05, 0.1) is 25.3 Å². The molecule has 2 aliphatic heterocycles. The van der Waals surface area contributed by atoms with Gasteiger partial charge >= 0.3 is 6.03 Å². The summed E-state index contributed by atoms with van der Waals surface area (Å²) < 4.78 is 13.6. The molecule has 3 heterocycles. The smallest absolute Gasteiger partial charge is 0.318 e. The maximum Gasteiger partial charge on any atom is 0.318 e. The van der Waals surface area contributed by atoms with Crippen LogP contribution in [0.15, 0.2) is 36.5 Å². The fourth-order valence-electron chi connectivity index (χ4n) is 3.94. The van der Waals surface area contributed by atoms with Gasteiger partial charge in [0.2, 0.25) is 0 Å². The molecule has 2 aromatic rings. The number of ether oxygens (including phenoxy) is 2. The van der Waals surface area contributed by atoms with Crippen LogP contribution in [-0.4, -0.2) is 35.3 Å². The number of nitrogens with zero attached hydrogens (tertiary/aromatic N) is 2. The van der Waals surface area contributed by atoms with Crippen LogP contribution in [0.4, 0.5) is 4.79 Å². The second kappa shape index (κ2) is 7.55. The number of nitrogens with one attached hydrogen (secondary N) is 1. The summed E-state index contributed by atoms with van der Waals surface area (Å²) >= 11 is 0. The number of fused-ring (bicyclic) bond motifs is 1. The maximum atomic E-state index is 12.9. The third kappa shape index (κ3) is 3.61. The number of urea groups is 1. The molecule has 144 valence electrons. The Morgan fingerprint density at radius 1 is 1.19 bits per heavy atom. The molecule has 2 atom stereocenters. The molecule has 1 N–H and O–H groups in total. The van der Waals surface area contributed by atoms with Gasteiger partial charge < -0.3 is 24.3 Å². The van der Waals surface area contributed by atoms with Crippen LogP contribution in [0.3, 0.4) is 0 Å². The molecule has 0 aliphatic carbocycles.